The van der Waals surface area contributed by atoms with Crippen LogP contribution in [0.1, 0.15) is 33.0 Å². The van der Waals surface area contributed by atoms with E-state index in [1.54, 1.807) is 19.0 Å². The van der Waals surface area contributed by atoms with Crippen molar-refractivity contribution in [3.63, 3.8) is 0 Å². The molecule has 0 fully saturated rings. The molecule has 0 saturated heterocycles. The van der Waals surface area contributed by atoms with Gasteiger partial charge in [-0.05, 0) is 37.1 Å². The number of allylic oxidation sites excluding steroid dienone is 1. The molecule has 176 valence electrons. The number of carbonyl (C=O) groups is 1. The molecule has 0 aromatic carbocycles. The molecule has 0 spiro atoms. The molecule has 3 aromatic heterocycles. The molecule has 0 bridgehead atoms. The van der Waals surface area contributed by atoms with Crippen LogP contribution in [0.25, 0.3) is 16.8 Å². The van der Waals surface area contributed by atoms with Gasteiger partial charge in [0.2, 0.25) is 0 Å². The molecule has 5 rings (SSSR count). The predicted molar refractivity (Wildman–Crippen MR) is 138 cm³/mol. The number of hydrazone groups is 1. The summed E-state index contributed by atoms with van der Waals surface area (Å²) in [6.45, 7) is 4.45. The molecule has 34 heavy (non-hydrogen) atoms. The molecule has 0 saturated carbocycles. The highest BCUT2D eigenvalue weighted by Crippen LogP contribution is 2.32. The van der Waals surface area contributed by atoms with E-state index in [2.05, 4.69) is 38.5 Å². The monoisotopic (exact) mass is 476 g/mol. The highest BCUT2D eigenvalue weighted by molar-refractivity contribution is 7.18. The number of thiophene rings is 1. The first-order chi connectivity index (χ1) is 16.4. The number of anilines is 2. The van der Waals surface area contributed by atoms with Crippen molar-refractivity contribution in [2.75, 3.05) is 46.1 Å². The van der Waals surface area contributed by atoms with Crippen LogP contribution >= 0.6 is 11.3 Å². The number of imidazole rings is 1. The number of hydrogen-bond donors (Lipinski definition) is 2. The van der Waals surface area contributed by atoms with E-state index in [9.17, 15) is 4.79 Å². The van der Waals surface area contributed by atoms with Gasteiger partial charge in [-0.1, -0.05) is 12.2 Å². The molecule has 3 aromatic rings. The largest absolute Gasteiger partial charge is 0.344 e. The van der Waals surface area contributed by atoms with Gasteiger partial charge in [0.05, 0.1) is 40.2 Å². The van der Waals surface area contributed by atoms with Gasteiger partial charge in [-0.15, -0.1) is 11.3 Å². The number of nitrogens with one attached hydrogen (secondary N) is 2. The summed E-state index contributed by atoms with van der Waals surface area (Å²) >= 11 is 1.43. The van der Waals surface area contributed by atoms with Gasteiger partial charge in [-0.25, -0.2) is 9.97 Å². The van der Waals surface area contributed by atoms with Crippen LogP contribution in [0.4, 0.5) is 10.8 Å². The highest BCUT2D eigenvalue weighted by Gasteiger charge is 2.20. The zero-order valence-electron chi connectivity index (χ0n) is 19.8. The Morgan fingerprint density at radius 3 is 2.85 bits per heavy atom. The maximum Gasteiger partial charge on any atom is 0.263 e. The summed E-state index contributed by atoms with van der Waals surface area (Å²) in [5, 5.41) is 14.1. The van der Waals surface area contributed by atoms with Crippen molar-refractivity contribution in [2.45, 2.75) is 13.3 Å². The first kappa shape index (κ1) is 22.3. The van der Waals surface area contributed by atoms with E-state index in [0.29, 0.717) is 5.82 Å². The van der Waals surface area contributed by atoms with Crippen molar-refractivity contribution >= 4 is 51.1 Å². The quantitative estimate of drug-likeness (QED) is 0.588. The van der Waals surface area contributed by atoms with Crippen LogP contribution in [0.3, 0.4) is 0 Å². The summed E-state index contributed by atoms with van der Waals surface area (Å²) in [6.07, 6.45) is 11.1. The average molecular weight is 477 g/mol. The van der Waals surface area contributed by atoms with E-state index in [4.69, 9.17) is 9.97 Å². The summed E-state index contributed by atoms with van der Waals surface area (Å²) in [6, 6.07) is 1.99. The van der Waals surface area contributed by atoms with Crippen LogP contribution in [0, 0.1) is 6.92 Å². The topological polar surface area (TPSA) is 90.2 Å². The van der Waals surface area contributed by atoms with Gasteiger partial charge in [-0.2, -0.15) is 5.10 Å². The van der Waals surface area contributed by atoms with Crippen molar-refractivity contribution in [1.82, 2.24) is 29.6 Å². The van der Waals surface area contributed by atoms with Crippen LogP contribution in [0.2, 0.25) is 0 Å². The van der Waals surface area contributed by atoms with Crippen molar-refractivity contribution in [3.05, 3.63) is 52.4 Å². The summed E-state index contributed by atoms with van der Waals surface area (Å²) in [7, 11) is 5.48. The van der Waals surface area contributed by atoms with Crippen LogP contribution in [0.5, 0.6) is 0 Å². The van der Waals surface area contributed by atoms with Gasteiger partial charge in [0.25, 0.3) is 5.91 Å². The molecule has 2 aliphatic heterocycles. The molecule has 0 aliphatic carbocycles. The predicted octanol–water partition coefficient (Wildman–Crippen LogP) is 3.24. The smallest absolute Gasteiger partial charge is 0.263 e. The maximum absolute atomic E-state index is 12.5. The number of fused-ring (bicyclic) bond motifs is 1. The van der Waals surface area contributed by atoms with E-state index in [0.717, 1.165) is 69.7 Å². The summed E-state index contributed by atoms with van der Waals surface area (Å²) in [5.74, 6) is 0.656. The van der Waals surface area contributed by atoms with Crippen molar-refractivity contribution in [3.8, 4) is 0 Å². The number of carbonyl (C=O) groups excluding carboxylic acids is 1. The fourth-order valence-electron chi connectivity index (χ4n) is 4.02. The van der Waals surface area contributed by atoms with Gasteiger partial charge >= 0.3 is 0 Å². The third kappa shape index (κ3) is 4.22. The average Bonchev–Trinajstić information content (AvgIpc) is 3.43. The zero-order valence-corrected chi connectivity index (χ0v) is 20.6. The van der Waals surface area contributed by atoms with Crippen molar-refractivity contribution in [1.29, 1.82) is 0 Å². The lowest BCUT2D eigenvalue weighted by Gasteiger charge is -2.17. The molecular weight excluding hydrogens is 448 g/mol. The van der Waals surface area contributed by atoms with Crippen LogP contribution in [0.15, 0.2) is 35.7 Å². The van der Waals surface area contributed by atoms with Gasteiger partial charge in [-0.3, -0.25) is 14.2 Å². The van der Waals surface area contributed by atoms with E-state index >= 15 is 0 Å². The Bertz CT molecular complexity index is 1350. The lowest BCUT2D eigenvalue weighted by atomic mass is 10.1. The second-order valence-electron chi connectivity index (χ2n) is 8.70. The van der Waals surface area contributed by atoms with Crippen LogP contribution in [-0.2, 0) is 0 Å². The Kier molecular flexibility index (Phi) is 5.93. The van der Waals surface area contributed by atoms with Crippen LogP contribution in [-0.4, -0.2) is 77.2 Å². The standard InChI is InChI=1S/C24H28N8OS/c1-15-10-20(34-21(15)24(33)30(2)3)29-22-23-26-13-19(17-7-9-31(4)27-12-17)32(23)14-18(28-22)16-6-5-8-25-11-16/h6-7,10,12-14,25H,5,8-9,11H2,1-4H3,(H,28,29). The highest BCUT2D eigenvalue weighted by atomic mass is 32.1. The normalized spacial score (nSPS) is 15.9. The molecular formula is C24H28N8OS. The Morgan fingerprint density at radius 1 is 1.29 bits per heavy atom. The number of aryl methyl sites for hydroxylation is 1. The zero-order chi connectivity index (χ0) is 23.8. The molecule has 5 heterocycles. The lowest BCUT2D eigenvalue weighted by molar-refractivity contribution is 0.0831. The first-order valence-electron chi connectivity index (χ1n) is 11.2. The minimum atomic E-state index is -0.00238. The molecule has 1 amide bonds. The molecule has 9 nitrogen and oxygen atoms in total. The molecule has 10 heteroatoms. The van der Waals surface area contributed by atoms with E-state index in [1.807, 2.05) is 37.5 Å². The lowest BCUT2D eigenvalue weighted by Crippen LogP contribution is -2.22. The van der Waals surface area contributed by atoms with Gasteiger partial charge in [0, 0.05) is 39.5 Å². The Labute approximate surface area is 202 Å². The molecule has 2 N–H and O–H groups in total. The van der Waals surface area contributed by atoms with E-state index < -0.39 is 0 Å². The van der Waals surface area contributed by atoms with E-state index in [-0.39, 0.29) is 5.91 Å². The Hall–Kier alpha value is -3.50. The third-order valence-electron chi connectivity index (χ3n) is 5.87. The minimum absolute atomic E-state index is 0.00238. The first-order valence-corrected chi connectivity index (χ1v) is 12.1. The maximum atomic E-state index is 12.5. The number of amides is 1. The van der Waals surface area contributed by atoms with Gasteiger partial charge in [0.1, 0.15) is 0 Å². The minimum Gasteiger partial charge on any atom is -0.344 e. The van der Waals surface area contributed by atoms with Gasteiger partial charge < -0.3 is 15.5 Å². The molecule has 2 aliphatic rings. The summed E-state index contributed by atoms with van der Waals surface area (Å²) in [4.78, 5) is 24.5. The van der Waals surface area contributed by atoms with Gasteiger partial charge in [0.15, 0.2) is 11.5 Å². The number of aromatic nitrogens is 3. The summed E-state index contributed by atoms with van der Waals surface area (Å²) < 4.78 is 2.08. The fraction of sp³-hybridized carbons (Fsp3) is 0.333. The molecule has 0 radical (unpaired) electrons. The third-order valence-corrected chi connectivity index (χ3v) is 7.01. The Morgan fingerprint density at radius 2 is 2.15 bits per heavy atom. The fourth-order valence-corrected chi connectivity index (χ4v) is 5.11. The molecule has 0 atom stereocenters. The Balaban J connectivity index is 1.60. The number of hydrogen-bond acceptors (Lipinski definition) is 8. The van der Waals surface area contributed by atoms with Crippen molar-refractivity contribution in [2.24, 2.45) is 5.10 Å². The van der Waals surface area contributed by atoms with Crippen LogP contribution < -0.4 is 10.6 Å². The SMILES string of the molecule is Cc1cc(Nc2nc(C3=CCCNC3)cn3c(C4=CCN(C)N=C4)cnc23)sc1C(=O)N(C)C. The molecule has 0 unspecified atom stereocenters. The van der Waals surface area contributed by atoms with Crippen molar-refractivity contribution < 1.29 is 4.79 Å². The number of rotatable bonds is 5. The second-order valence-corrected chi connectivity index (χ2v) is 9.75. The second kappa shape index (κ2) is 9.03. The number of likely N-dealkylation sites (N-methyl/N-ethyl adjacent to an activating group) is 1. The van der Waals surface area contributed by atoms with E-state index in [1.165, 1.54) is 11.3 Å². The summed E-state index contributed by atoms with van der Waals surface area (Å²) in [5.41, 5.74) is 5.71. The number of nitrogens with zero attached hydrogens (tertiary/aromatic N) is 6.